The highest BCUT2D eigenvalue weighted by Crippen LogP contribution is 2.47. The van der Waals surface area contributed by atoms with Crippen LogP contribution in [0, 0.1) is 5.82 Å². The van der Waals surface area contributed by atoms with Crippen LogP contribution in [0.3, 0.4) is 0 Å². The first-order valence-electron chi connectivity index (χ1n) is 11.4. The van der Waals surface area contributed by atoms with Crippen LogP contribution in [0.2, 0.25) is 0 Å². The lowest BCUT2D eigenvalue weighted by Gasteiger charge is -2.26. The van der Waals surface area contributed by atoms with Crippen molar-refractivity contribution in [2.45, 2.75) is 6.04 Å². The van der Waals surface area contributed by atoms with Crippen molar-refractivity contribution >= 4 is 23.1 Å². The number of aliphatic hydroxyl groups is 1. The van der Waals surface area contributed by atoms with E-state index in [2.05, 4.69) is 0 Å². The van der Waals surface area contributed by atoms with Crippen LogP contribution >= 0.6 is 0 Å². The molecule has 0 radical (unpaired) electrons. The van der Waals surface area contributed by atoms with Gasteiger partial charge < -0.3 is 28.8 Å². The zero-order valence-electron chi connectivity index (χ0n) is 21.4. The molecule has 9 nitrogen and oxygen atoms in total. The Balaban J connectivity index is 2.03. The standard InChI is InChI=1S/C28H26FNO8/c1-34-18-10-11-19(20(14-18)35-2)25(31)23-24(15-12-21(36-3)27(38-5)22(13-15)37-4)30(28(33)26(23)32)17-8-6-16(29)7-9-17/h6-14,24,31H,1-5H3/b25-23+. The molecular weight excluding hydrogens is 497 g/mol. The van der Waals surface area contributed by atoms with Gasteiger partial charge in [-0.25, -0.2) is 4.39 Å². The number of carbonyl (C=O) groups excluding carboxylic acids is 2. The first-order valence-corrected chi connectivity index (χ1v) is 11.4. The van der Waals surface area contributed by atoms with E-state index >= 15 is 0 Å². The number of hydrogen-bond acceptors (Lipinski definition) is 8. The van der Waals surface area contributed by atoms with Gasteiger partial charge in [0, 0.05) is 11.8 Å². The van der Waals surface area contributed by atoms with Crippen molar-refractivity contribution in [2.24, 2.45) is 0 Å². The minimum atomic E-state index is -1.14. The van der Waals surface area contributed by atoms with Gasteiger partial charge in [-0.05, 0) is 54.1 Å². The second-order valence-electron chi connectivity index (χ2n) is 8.17. The molecule has 3 aromatic carbocycles. The van der Waals surface area contributed by atoms with Crippen molar-refractivity contribution in [3.63, 3.8) is 0 Å². The van der Waals surface area contributed by atoms with E-state index in [1.54, 1.807) is 24.3 Å². The van der Waals surface area contributed by atoms with E-state index in [0.29, 0.717) is 17.1 Å². The summed E-state index contributed by atoms with van der Waals surface area (Å²) in [6, 6.07) is 11.8. The minimum absolute atomic E-state index is 0.169. The van der Waals surface area contributed by atoms with Crippen LogP contribution in [0.1, 0.15) is 17.2 Å². The molecule has 38 heavy (non-hydrogen) atoms. The summed E-state index contributed by atoms with van der Waals surface area (Å²) in [5, 5.41) is 11.5. The van der Waals surface area contributed by atoms with E-state index in [4.69, 9.17) is 23.7 Å². The van der Waals surface area contributed by atoms with Gasteiger partial charge in [-0.1, -0.05) is 0 Å². The van der Waals surface area contributed by atoms with Crippen molar-refractivity contribution in [2.75, 3.05) is 40.4 Å². The topological polar surface area (TPSA) is 104 Å². The lowest BCUT2D eigenvalue weighted by Crippen LogP contribution is -2.29. The third-order valence-corrected chi connectivity index (χ3v) is 6.22. The van der Waals surface area contributed by atoms with Gasteiger partial charge in [-0.15, -0.1) is 0 Å². The molecule has 1 heterocycles. The number of rotatable bonds is 8. The van der Waals surface area contributed by atoms with E-state index in [9.17, 15) is 19.1 Å². The lowest BCUT2D eigenvalue weighted by atomic mass is 9.94. The van der Waals surface area contributed by atoms with Crippen LogP contribution in [0.5, 0.6) is 28.7 Å². The van der Waals surface area contributed by atoms with E-state index in [0.717, 1.165) is 0 Å². The predicted octanol–water partition coefficient (Wildman–Crippen LogP) is 4.50. The van der Waals surface area contributed by atoms with Crippen LogP contribution in [0.4, 0.5) is 10.1 Å². The second-order valence-corrected chi connectivity index (χ2v) is 8.17. The quantitative estimate of drug-likeness (QED) is 0.262. The number of hydrogen-bond donors (Lipinski definition) is 1. The SMILES string of the molecule is COc1ccc(/C(O)=C2\C(=O)C(=O)N(c3ccc(F)cc3)C2c2cc(OC)c(OC)c(OC)c2)c(OC)c1. The summed E-state index contributed by atoms with van der Waals surface area (Å²) < 4.78 is 40.7. The molecule has 10 heteroatoms. The first-order chi connectivity index (χ1) is 18.3. The summed E-state index contributed by atoms with van der Waals surface area (Å²) in [6.45, 7) is 0. The summed E-state index contributed by atoms with van der Waals surface area (Å²) in [5.74, 6) is -1.31. The monoisotopic (exact) mass is 523 g/mol. The maximum Gasteiger partial charge on any atom is 0.300 e. The molecule has 1 aliphatic rings. The Morgan fingerprint density at radius 1 is 0.789 bits per heavy atom. The highest BCUT2D eigenvalue weighted by atomic mass is 19.1. The third kappa shape index (κ3) is 4.45. The Kier molecular flexibility index (Phi) is 7.43. The summed E-state index contributed by atoms with van der Waals surface area (Å²) in [4.78, 5) is 28.1. The normalized spacial score (nSPS) is 16.4. The van der Waals surface area contributed by atoms with Gasteiger partial charge in [0.25, 0.3) is 11.7 Å². The number of benzene rings is 3. The van der Waals surface area contributed by atoms with Gasteiger partial charge in [0.2, 0.25) is 5.75 Å². The van der Waals surface area contributed by atoms with Gasteiger partial charge >= 0.3 is 0 Å². The highest BCUT2D eigenvalue weighted by Gasteiger charge is 2.47. The Morgan fingerprint density at radius 2 is 1.39 bits per heavy atom. The molecule has 1 atom stereocenters. The number of nitrogens with zero attached hydrogens (tertiary/aromatic N) is 1. The first kappa shape index (κ1) is 26.3. The van der Waals surface area contributed by atoms with Gasteiger partial charge in [0.05, 0.1) is 52.7 Å². The third-order valence-electron chi connectivity index (χ3n) is 6.22. The fraction of sp³-hybridized carbons (Fsp3) is 0.214. The molecule has 4 rings (SSSR count). The minimum Gasteiger partial charge on any atom is -0.507 e. The molecule has 0 spiro atoms. The van der Waals surface area contributed by atoms with Gasteiger partial charge in [0.1, 0.15) is 23.1 Å². The van der Waals surface area contributed by atoms with E-state index in [-0.39, 0.29) is 34.1 Å². The molecule has 3 aromatic rings. The van der Waals surface area contributed by atoms with E-state index in [1.165, 1.54) is 70.8 Å². The average molecular weight is 524 g/mol. The maximum absolute atomic E-state index is 13.7. The summed E-state index contributed by atoms with van der Waals surface area (Å²) in [6.07, 6.45) is 0. The summed E-state index contributed by atoms with van der Waals surface area (Å²) in [7, 11) is 7.19. The number of aliphatic hydroxyl groups excluding tert-OH is 1. The van der Waals surface area contributed by atoms with Crippen molar-refractivity contribution in [3.05, 3.63) is 77.1 Å². The molecule has 198 valence electrons. The van der Waals surface area contributed by atoms with Crippen molar-refractivity contribution in [1.29, 1.82) is 0 Å². The Hall–Kier alpha value is -4.73. The van der Waals surface area contributed by atoms with Crippen molar-refractivity contribution in [3.8, 4) is 28.7 Å². The zero-order chi connectivity index (χ0) is 27.6. The number of Topliss-reactive ketones (excluding diaryl/α,β-unsaturated/α-hetero) is 1. The number of amides is 1. The molecule has 1 fully saturated rings. The van der Waals surface area contributed by atoms with Crippen molar-refractivity contribution < 1.29 is 42.8 Å². The predicted molar refractivity (Wildman–Crippen MR) is 137 cm³/mol. The molecule has 0 aliphatic carbocycles. The Bertz CT molecular complexity index is 1390. The second kappa shape index (κ2) is 10.7. The molecule has 0 saturated carbocycles. The van der Waals surface area contributed by atoms with Gasteiger partial charge in [-0.3, -0.25) is 14.5 Å². The van der Waals surface area contributed by atoms with Crippen LogP contribution in [0.25, 0.3) is 5.76 Å². The molecule has 1 aliphatic heterocycles. The molecule has 1 unspecified atom stereocenters. The summed E-state index contributed by atoms with van der Waals surface area (Å²) >= 11 is 0. The number of ether oxygens (including phenoxy) is 5. The number of anilines is 1. The molecule has 1 N–H and O–H groups in total. The molecule has 0 aromatic heterocycles. The maximum atomic E-state index is 13.7. The van der Waals surface area contributed by atoms with Crippen LogP contribution in [-0.2, 0) is 9.59 Å². The highest BCUT2D eigenvalue weighted by molar-refractivity contribution is 6.51. The smallest absolute Gasteiger partial charge is 0.300 e. The average Bonchev–Trinajstić information content (AvgIpc) is 3.21. The number of methoxy groups -OCH3 is 5. The number of carbonyl (C=O) groups is 2. The fourth-order valence-corrected chi connectivity index (χ4v) is 4.41. The molecule has 0 bridgehead atoms. The number of ketones is 1. The Labute approximate surface area is 218 Å². The van der Waals surface area contributed by atoms with Gasteiger partial charge in [0.15, 0.2) is 11.5 Å². The van der Waals surface area contributed by atoms with E-state index < -0.39 is 29.3 Å². The molecule has 1 amide bonds. The van der Waals surface area contributed by atoms with Crippen molar-refractivity contribution in [1.82, 2.24) is 0 Å². The number of halogens is 1. The van der Waals surface area contributed by atoms with Crippen LogP contribution in [0.15, 0.2) is 60.2 Å². The summed E-state index contributed by atoms with van der Waals surface area (Å²) in [5.41, 5.74) is 0.574. The zero-order valence-corrected chi connectivity index (χ0v) is 21.4. The molecular formula is C28H26FNO8. The molecule has 1 saturated heterocycles. The van der Waals surface area contributed by atoms with Gasteiger partial charge in [-0.2, -0.15) is 0 Å². The largest absolute Gasteiger partial charge is 0.507 e. The van der Waals surface area contributed by atoms with Crippen LogP contribution < -0.4 is 28.6 Å². The lowest BCUT2D eigenvalue weighted by molar-refractivity contribution is -0.132. The van der Waals surface area contributed by atoms with Crippen LogP contribution in [-0.4, -0.2) is 52.3 Å². The Morgan fingerprint density at radius 3 is 1.92 bits per heavy atom. The fourth-order valence-electron chi connectivity index (χ4n) is 4.41. The van der Waals surface area contributed by atoms with E-state index in [1.807, 2.05) is 0 Å².